The van der Waals surface area contributed by atoms with Crippen molar-refractivity contribution in [1.29, 1.82) is 0 Å². The van der Waals surface area contributed by atoms with E-state index in [1.165, 1.54) is 11.8 Å². The second-order valence-electron chi connectivity index (χ2n) is 5.60. The zero-order valence-electron chi connectivity index (χ0n) is 13.8. The fraction of sp³-hybridized carbons (Fsp3) is 0.211. The van der Waals surface area contributed by atoms with Crippen LogP contribution in [0.2, 0.25) is 5.02 Å². The number of carbonyl (C=O) groups is 1. The van der Waals surface area contributed by atoms with Gasteiger partial charge in [-0.25, -0.2) is 0 Å². The van der Waals surface area contributed by atoms with Crippen LogP contribution in [0.5, 0.6) is 0 Å². The Morgan fingerprint density at radius 1 is 1.16 bits per heavy atom. The molecule has 1 amide bonds. The first kappa shape index (κ1) is 17.7. The lowest BCUT2D eigenvalue weighted by Gasteiger charge is -2.15. The van der Waals surface area contributed by atoms with E-state index in [1.807, 2.05) is 49.4 Å². The summed E-state index contributed by atoms with van der Waals surface area (Å²) in [5.74, 6) is 0.0943. The summed E-state index contributed by atoms with van der Waals surface area (Å²) < 4.78 is 0. The number of hydrogen-bond donors (Lipinski definition) is 0. The first-order chi connectivity index (χ1) is 12.2. The van der Waals surface area contributed by atoms with Gasteiger partial charge in [-0.2, -0.15) is 5.10 Å². The van der Waals surface area contributed by atoms with Gasteiger partial charge in [-0.05, 0) is 29.7 Å². The fourth-order valence-corrected chi connectivity index (χ4v) is 3.60. The van der Waals surface area contributed by atoms with Crippen molar-refractivity contribution in [2.45, 2.75) is 25.1 Å². The molecule has 0 unspecified atom stereocenters. The van der Waals surface area contributed by atoms with Gasteiger partial charge < -0.3 is 0 Å². The summed E-state index contributed by atoms with van der Waals surface area (Å²) >= 11 is 7.35. The van der Waals surface area contributed by atoms with E-state index >= 15 is 0 Å². The van der Waals surface area contributed by atoms with Gasteiger partial charge in [0.25, 0.3) is 0 Å². The predicted octanol–water partition coefficient (Wildman–Crippen LogP) is 4.58. The Morgan fingerprint density at radius 3 is 2.56 bits per heavy atom. The van der Waals surface area contributed by atoms with E-state index < -0.39 is 0 Å². The molecule has 1 aliphatic heterocycles. The van der Waals surface area contributed by atoms with Gasteiger partial charge in [0.1, 0.15) is 0 Å². The molecule has 4 nitrogen and oxygen atoms in total. The van der Waals surface area contributed by atoms with E-state index in [-0.39, 0.29) is 11.2 Å². The van der Waals surface area contributed by atoms with Crippen LogP contribution < -0.4 is 0 Å². The Morgan fingerprint density at radius 2 is 1.88 bits per heavy atom. The SMILES string of the molecule is CC[C@H]1S/C(=N\N=C/c2ccc(Cl)cc2)N(Cc2ccccc2)C1=O. The zero-order valence-corrected chi connectivity index (χ0v) is 15.4. The smallest absolute Gasteiger partial charge is 0.242 e. The maximum absolute atomic E-state index is 12.6. The number of amides is 1. The number of thioether (sulfide) groups is 1. The van der Waals surface area contributed by atoms with Crippen molar-refractivity contribution in [2.24, 2.45) is 10.2 Å². The topological polar surface area (TPSA) is 45.0 Å². The largest absolute Gasteiger partial charge is 0.284 e. The third kappa shape index (κ3) is 4.50. The minimum atomic E-state index is -0.0896. The molecule has 6 heteroatoms. The van der Waals surface area contributed by atoms with Gasteiger partial charge in [-0.3, -0.25) is 9.69 Å². The van der Waals surface area contributed by atoms with E-state index in [4.69, 9.17) is 11.6 Å². The van der Waals surface area contributed by atoms with Crippen molar-refractivity contribution >= 4 is 40.7 Å². The van der Waals surface area contributed by atoms with Gasteiger partial charge >= 0.3 is 0 Å². The zero-order chi connectivity index (χ0) is 17.6. The summed E-state index contributed by atoms with van der Waals surface area (Å²) in [4.78, 5) is 14.3. The Labute approximate surface area is 156 Å². The monoisotopic (exact) mass is 371 g/mol. The quantitative estimate of drug-likeness (QED) is 0.570. The lowest BCUT2D eigenvalue weighted by molar-refractivity contribution is -0.126. The van der Waals surface area contributed by atoms with Crippen LogP contribution in [0, 0.1) is 0 Å². The molecule has 128 valence electrons. The van der Waals surface area contributed by atoms with E-state index in [1.54, 1.807) is 23.2 Å². The summed E-state index contributed by atoms with van der Waals surface area (Å²) in [5.41, 5.74) is 1.98. The molecule has 0 spiro atoms. The number of benzene rings is 2. The number of carbonyl (C=O) groups excluding carboxylic acids is 1. The Bertz CT molecular complexity index is 790. The van der Waals surface area contributed by atoms with Crippen LogP contribution in [-0.4, -0.2) is 27.4 Å². The van der Waals surface area contributed by atoms with E-state index in [0.717, 1.165) is 17.5 Å². The van der Waals surface area contributed by atoms with Crippen LogP contribution >= 0.6 is 23.4 Å². The normalized spacial score (nSPS) is 19.3. The van der Waals surface area contributed by atoms with Crippen LogP contribution in [0.4, 0.5) is 0 Å². The van der Waals surface area contributed by atoms with Crippen LogP contribution in [-0.2, 0) is 11.3 Å². The maximum Gasteiger partial charge on any atom is 0.242 e. The van der Waals surface area contributed by atoms with Crippen molar-refractivity contribution in [1.82, 2.24) is 4.90 Å². The highest BCUT2D eigenvalue weighted by molar-refractivity contribution is 8.15. The standard InChI is InChI=1S/C19H18ClN3OS/c1-2-17-18(24)23(13-15-6-4-3-5-7-15)19(25-17)22-21-12-14-8-10-16(20)11-9-14/h3-12,17H,2,13H2,1H3/b21-12-,22-19-/t17-/m1/s1. The molecule has 1 aliphatic rings. The van der Waals surface area contributed by atoms with Crippen molar-refractivity contribution in [3.8, 4) is 0 Å². The third-order valence-electron chi connectivity index (χ3n) is 3.79. The molecule has 1 atom stereocenters. The second kappa shape index (κ2) is 8.32. The van der Waals surface area contributed by atoms with E-state index in [0.29, 0.717) is 16.7 Å². The molecule has 3 rings (SSSR count). The maximum atomic E-state index is 12.6. The average Bonchev–Trinajstić information content (AvgIpc) is 2.93. The summed E-state index contributed by atoms with van der Waals surface area (Å²) in [6.07, 6.45) is 2.43. The lowest BCUT2D eigenvalue weighted by Crippen LogP contribution is -2.31. The van der Waals surface area contributed by atoms with Crippen molar-refractivity contribution in [3.63, 3.8) is 0 Å². The molecule has 0 aliphatic carbocycles. The molecular formula is C19H18ClN3OS. The molecule has 1 fully saturated rings. The highest BCUT2D eigenvalue weighted by atomic mass is 35.5. The minimum Gasteiger partial charge on any atom is -0.284 e. The molecule has 25 heavy (non-hydrogen) atoms. The molecule has 0 radical (unpaired) electrons. The number of hydrogen-bond acceptors (Lipinski definition) is 4. The molecule has 0 aromatic heterocycles. The summed E-state index contributed by atoms with van der Waals surface area (Å²) in [7, 11) is 0. The van der Waals surface area contributed by atoms with Crippen LogP contribution in [0.1, 0.15) is 24.5 Å². The summed E-state index contributed by atoms with van der Waals surface area (Å²) in [6, 6.07) is 17.3. The Kier molecular flexibility index (Phi) is 5.89. The average molecular weight is 372 g/mol. The molecule has 0 saturated carbocycles. The van der Waals surface area contributed by atoms with Gasteiger partial charge in [0.05, 0.1) is 18.0 Å². The second-order valence-corrected chi connectivity index (χ2v) is 7.21. The summed E-state index contributed by atoms with van der Waals surface area (Å²) in [6.45, 7) is 2.52. The predicted molar refractivity (Wildman–Crippen MR) is 105 cm³/mol. The van der Waals surface area contributed by atoms with Gasteiger partial charge in [0.2, 0.25) is 5.91 Å². The fourth-order valence-electron chi connectivity index (χ4n) is 2.45. The first-order valence-corrected chi connectivity index (χ1v) is 9.31. The number of amidine groups is 1. The highest BCUT2D eigenvalue weighted by Crippen LogP contribution is 2.30. The van der Waals surface area contributed by atoms with Gasteiger partial charge in [0, 0.05) is 5.02 Å². The van der Waals surface area contributed by atoms with Crippen LogP contribution in [0.15, 0.2) is 64.8 Å². The Hall–Kier alpha value is -2.11. The van der Waals surface area contributed by atoms with Gasteiger partial charge in [-0.1, -0.05) is 72.8 Å². The molecule has 0 bridgehead atoms. The number of rotatable bonds is 5. The van der Waals surface area contributed by atoms with E-state index in [9.17, 15) is 4.79 Å². The van der Waals surface area contributed by atoms with Crippen LogP contribution in [0.3, 0.4) is 0 Å². The molecule has 2 aromatic rings. The molecule has 1 heterocycles. The first-order valence-electron chi connectivity index (χ1n) is 8.06. The Balaban J connectivity index is 1.78. The molecule has 0 N–H and O–H groups in total. The molecule has 1 saturated heterocycles. The molecular weight excluding hydrogens is 354 g/mol. The van der Waals surface area contributed by atoms with E-state index in [2.05, 4.69) is 10.2 Å². The van der Waals surface area contributed by atoms with Gasteiger partial charge in [0.15, 0.2) is 5.17 Å². The lowest BCUT2D eigenvalue weighted by atomic mass is 10.2. The number of nitrogens with zero attached hydrogens (tertiary/aromatic N) is 3. The molecule has 2 aromatic carbocycles. The van der Waals surface area contributed by atoms with Gasteiger partial charge in [-0.15, -0.1) is 5.10 Å². The van der Waals surface area contributed by atoms with Crippen molar-refractivity contribution in [3.05, 3.63) is 70.7 Å². The third-order valence-corrected chi connectivity index (χ3v) is 5.38. The minimum absolute atomic E-state index is 0.0896. The summed E-state index contributed by atoms with van der Waals surface area (Å²) in [5, 5.41) is 9.68. The van der Waals surface area contributed by atoms with Crippen molar-refractivity contribution in [2.75, 3.05) is 0 Å². The number of halogens is 1. The van der Waals surface area contributed by atoms with Crippen molar-refractivity contribution < 1.29 is 4.79 Å². The highest BCUT2D eigenvalue weighted by Gasteiger charge is 2.36. The van der Waals surface area contributed by atoms with Crippen LogP contribution in [0.25, 0.3) is 0 Å².